The van der Waals surface area contributed by atoms with Crippen LogP contribution < -0.4 is 16.0 Å². The van der Waals surface area contributed by atoms with E-state index in [1.807, 2.05) is 6.20 Å². The van der Waals surface area contributed by atoms with Crippen molar-refractivity contribution in [2.45, 2.75) is 69.5 Å². The van der Waals surface area contributed by atoms with Crippen LogP contribution in [0.1, 0.15) is 67.6 Å². The maximum atomic E-state index is 13.2. The number of amidine groups is 1. The molecule has 1 aromatic heterocycles. The van der Waals surface area contributed by atoms with Crippen LogP contribution in [0.3, 0.4) is 0 Å². The van der Waals surface area contributed by atoms with Crippen molar-refractivity contribution in [1.29, 1.82) is 0 Å². The number of aliphatic imine (C=N–C) groups is 1. The Morgan fingerprint density at radius 2 is 1.56 bits per heavy atom. The smallest absolute Gasteiger partial charge is 0.407 e. The third-order valence-electron chi connectivity index (χ3n) is 11.8. The van der Waals surface area contributed by atoms with E-state index in [2.05, 4.69) is 67.7 Å². The van der Waals surface area contributed by atoms with Gasteiger partial charge < -0.3 is 44.9 Å². The molecule has 290 valence electrons. The van der Waals surface area contributed by atoms with Gasteiger partial charge >= 0.3 is 12.2 Å². The third-order valence-corrected chi connectivity index (χ3v) is 11.8. The summed E-state index contributed by atoms with van der Waals surface area (Å²) in [5.74, 6) is 1.68. The molecule has 55 heavy (non-hydrogen) atoms. The van der Waals surface area contributed by atoms with Gasteiger partial charge in [0.05, 0.1) is 51.4 Å². The quantitative estimate of drug-likeness (QED) is 0.261. The van der Waals surface area contributed by atoms with Crippen molar-refractivity contribution in [3.8, 4) is 22.4 Å². The average molecular weight is 753 g/mol. The monoisotopic (exact) mass is 752 g/mol. The van der Waals surface area contributed by atoms with Gasteiger partial charge in [-0.1, -0.05) is 31.2 Å². The summed E-state index contributed by atoms with van der Waals surface area (Å²) in [5, 5.41) is 8.65. The number of hydrogen-bond acceptors (Lipinski definition) is 10. The lowest BCUT2D eigenvalue weighted by molar-refractivity contribution is -0.131. The Balaban J connectivity index is 1.07. The van der Waals surface area contributed by atoms with Crippen molar-refractivity contribution >= 4 is 35.5 Å². The number of ether oxygens (including phenoxy) is 3. The lowest BCUT2D eigenvalue weighted by Crippen LogP contribution is -2.53. The van der Waals surface area contributed by atoms with E-state index in [9.17, 15) is 19.2 Å². The number of hydrogen-bond donors (Lipinski definition) is 4. The zero-order valence-corrected chi connectivity index (χ0v) is 31.5. The maximum Gasteiger partial charge on any atom is 0.407 e. The summed E-state index contributed by atoms with van der Waals surface area (Å²) in [4.78, 5) is 66.6. The second-order valence-corrected chi connectivity index (χ2v) is 15.2. The summed E-state index contributed by atoms with van der Waals surface area (Å²) in [6.45, 7) is 4.18. The van der Waals surface area contributed by atoms with Crippen molar-refractivity contribution < 1.29 is 33.4 Å². The minimum Gasteiger partial charge on any atom is -0.453 e. The van der Waals surface area contributed by atoms with E-state index in [0.29, 0.717) is 32.2 Å². The number of benzene rings is 2. The van der Waals surface area contributed by atoms with Crippen molar-refractivity contribution in [3.05, 3.63) is 59.0 Å². The first-order valence-corrected chi connectivity index (χ1v) is 19.2. The molecule has 1 spiro atoms. The summed E-state index contributed by atoms with van der Waals surface area (Å²) < 4.78 is 15.0. The molecule has 2 aromatic carbocycles. The number of carbonyl (C=O) groups is 4. The summed E-state index contributed by atoms with van der Waals surface area (Å²) >= 11 is 0. The fourth-order valence-electron chi connectivity index (χ4n) is 8.91. The number of aromatic nitrogens is 2. The number of likely N-dealkylation sites (tertiary alicyclic amines) is 2. The Labute approximate surface area is 319 Å². The van der Waals surface area contributed by atoms with Crippen molar-refractivity contribution in [2.75, 3.05) is 58.9 Å². The summed E-state index contributed by atoms with van der Waals surface area (Å²) in [6, 6.07) is 10.5. The largest absolute Gasteiger partial charge is 0.453 e. The van der Waals surface area contributed by atoms with Crippen molar-refractivity contribution in [1.82, 2.24) is 30.4 Å². The molecule has 1 unspecified atom stereocenters. The first-order chi connectivity index (χ1) is 26.7. The molecule has 3 aromatic rings. The lowest BCUT2D eigenvalue weighted by Gasteiger charge is -2.44. The standard InChI is InChI=1S/C40H48N8O7/c1-23-8-10-26-27(31-18-41-36(45-31)32-6-4-14-47(32)34(49)19-42-38(51)53-2)12-11-25(28(26)16-23)24-9-13-29-30(17-24)44-37(46-40(29)21-55-22-40)33-7-5-15-48(33)35(50)20-43-39(52)54-3/h9,11-13,17-18,23,32-33H,4-8,10,14-16,19-22H2,1-3H3,(H,41,45)(H,42,51)(H,43,52)(H,44,46)/t23?,32-,33-/m0/s1. The van der Waals surface area contributed by atoms with Crippen LogP contribution in [0, 0.1) is 5.92 Å². The number of nitrogens with zero attached hydrogens (tertiary/aromatic N) is 4. The minimum absolute atomic E-state index is 0.125. The van der Waals surface area contributed by atoms with Crippen LogP contribution in [0.2, 0.25) is 0 Å². The summed E-state index contributed by atoms with van der Waals surface area (Å²) in [6.07, 6.45) is 6.84. The van der Waals surface area contributed by atoms with Gasteiger partial charge in [-0.3, -0.25) is 14.6 Å². The minimum atomic E-state index is -0.639. The molecule has 8 rings (SSSR count). The SMILES string of the molecule is COC(=O)NCC(=O)N1CCC[C@H]1C1=NC2(COC2)c2ccc(-c3ccc(-c4cnc([C@@H]5CCCN5C(=O)CNC(=O)OC)[nH]4)c4c3CC(C)CC4)cc2N1. The second kappa shape index (κ2) is 15.0. The molecule has 4 N–H and O–H groups in total. The fourth-order valence-corrected chi connectivity index (χ4v) is 8.91. The van der Waals surface area contributed by atoms with E-state index in [4.69, 9.17) is 14.7 Å². The van der Waals surface area contributed by atoms with E-state index in [-0.39, 0.29) is 37.0 Å². The van der Waals surface area contributed by atoms with Crippen LogP contribution in [0.15, 0.2) is 41.5 Å². The van der Waals surface area contributed by atoms with Crippen LogP contribution in [0.4, 0.5) is 15.3 Å². The van der Waals surface area contributed by atoms with Gasteiger partial charge in [0.25, 0.3) is 0 Å². The van der Waals surface area contributed by atoms with Crippen molar-refractivity contribution in [3.63, 3.8) is 0 Å². The average Bonchev–Trinajstić information content (AvgIpc) is 3.98. The summed E-state index contributed by atoms with van der Waals surface area (Å²) in [7, 11) is 2.55. The number of methoxy groups -OCH3 is 2. The zero-order chi connectivity index (χ0) is 38.3. The van der Waals surface area contributed by atoms with Gasteiger partial charge in [0, 0.05) is 29.9 Å². The molecule has 4 amide bonds. The number of carbonyl (C=O) groups excluding carboxylic acids is 4. The molecule has 5 aliphatic rings. The van der Waals surface area contributed by atoms with Crippen LogP contribution in [-0.4, -0.2) is 109 Å². The van der Waals surface area contributed by atoms with Crippen LogP contribution in [0.5, 0.6) is 0 Å². The van der Waals surface area contributed by atoms with Gasteiger partial charge in [-0.25, -0.2) is 14.6 Å². The van der Waals surface area contributed by atoms with Gasteiger partial charge in [-0.2, -0.15) is 0 Å². The number of amides is 4. The topological polar surface area (TPSA) is 180 Å². The molecule has 0 radical (unpaired) electrons. The highest BCUT2D eigenvalue weighted by Crippen LogP contribution is 2.45. The first kappa shape index (κ1) is 36.5. The van der Waals surface area contributed by atoms with E-state index < -0.39 is 17.7 Å². The molecule has 3 fully saturated rings. The zero-order valence-electron chi connectivity index (χ0n) is 31.5. The Hall–Kier alpha value is -5.44. The number of rotatable bonds is 8. The van der Waals surface area contributed by atoms with Crippen LogP contribution in [0.25, 0.3) is 22.4 Å². The van der Waals surface area contributed by atoms with E-state index >= 15 is 0 Å². The van der Waals surface area contributed by atoms with E-state index in [1.54, 1.807) is 9.80 Å². The highest BCUT2D eigenvalue weighted by molar-refractivity contribution is 6.04. The Bertz CT molecular complexity index is 2040. The first-order valence-electron chi connectivity index (χ1n) is 19.2. The number of fused-ring (bicyclic) bond motifs is 3. The normalized spacial score (nSPS) is 22.2. The van der Waals surface area contributed by atoms with E-state index in [0.717, 1.165) is 84.7 Å². The van der Waals surface area contributed by atoms with Gasteiger partial charge in [-0.05, 0) is 79.2 Å². The molecular weight excluding hydrogens is 704 g/mol. The molecule has 3 atom stereocenters. The highest BCUT2D eigenvalue weighted by Gasteiger charge is 2.47. The Kier molecular flexibility index (Phi) is 9.97. The number of aromatic amines is 1. The second-order valence-electron chi connectivity index (χ2n) is 15.2. The number of anilines is 1. The molecular formula is C40H48N8O7. The molecule has 0 saturated carbocycles. The predicted octanol–water partition coefficient (Wildman–Crippen LogP) is 4.28. The molecule has 1 aliphatic carbocycles. The van der Waals surface area contributed by atoms with Crippen molar-refractivity contribution in [2.24, 2.45) is 10.9 Å². The molecule has 4 aliphatic heterocycles. The number of nitrogens with one attached hydrogen (secondary N) is 4. The van der Waals surface area contributed by atoms with Gasteiger partial charge in [0.1, 0.15) is 30.3 Å². The molecule has 15 nitrogen and oxygen atoms in total. The predicted molar refractivity (Wildman–Crippen MR) is 203 cm³/mol. The molecule has 15 heteroatoms. The van der Waals surface area contributed by atoms with Crippen LogP contribution >= 0.6 is 0 Å². The highest BCUT2D eigenvalue weighted by atomic mass is 16.5. The number of H-pyrrole nitrogens is 1. The third kappa shape index (κ3) is 6.90. The van der Waals surface area contributed by atoms with Gasteiger partial charge in [0.2, 0.25) is 11.8 Å². The Morgan fingerprint density at radius 3 is 2.24 bits per heavy atom. The molecule has 3 saturated heterocycles. The van der Waals surface area contributed by atoms with E-state index in [1.165, 1.54) is 30.9 Å². The lowest BCUT2D eigenvalue weighted by atomic mass is 9.78. The molecule has 5 heterocycles. The number of alkyl carbamates (subject to hydrolysis) is 2. The molecule has 0 bridgehead atoms. The van der Waals surface area contributed by atoms with Crippen LogP contribution in [-0.2, 0) is 42.2 Å². The van der Waals surface area contributed by atoms with Gasteiger partial charge in [-0.15, -0.1) is 0 Å². The Morgan fingerprint density at radius 1 is 0.891 bits per heavy atom. The van der Waals surface area contributed by atoms with Gasteiger partial charge in [0.15, 0.2) is 0 Å². The maximum absolute atomic E-state index is 13.2. The summed E-state index contributed by atoms with van der Waals surface area (Å²) in [5.41, 5.74) is 8.52. The number of imidazole rings is 1. The fraction of sp³-hybridized carbons (Fsp3) is 0.500.